The van der Waals surface area contributed by atoms with Gasteiger partial charge in [0.05, 0.1) is 41.1 Å². The number of nitrogens with one attached hydrogen (secondary N) is 2. The smallest absolute Gasteiger partial charge is 0.254 e. The summed E-state index contributed by atoms with van der Waals surface area (Å²) in [5.41, 5.74) is 5.26. The molecule has 1 atom stereocenters. The third-order valence-electron chi connectivity index (χ3n) is 6.40. The van der Waals surface area contributed by atoms with Crippen LogP contribution in [0.1, 0.15) is 42.6 Å². The molecule has 5 rings (SSSR count). The molecule has 0 bridgehead atoms. The summed E-state index contributed by atoms with van der Waals surface area (Å²) < 4.78 is 15.4. The van der Waals surface area contributed by atoms with Crippen LogP contribution in [0.4, 0.5) is 21.6 Å². The molecule has 0 saturated carbocycles. The summed E-state index contributed by atoms with van der Waals surface area (Å²) >= 11 is 0. The van der Waals surface area contributed by atoms with Crippen molar-refractivity contribution in [3.8, 4) is 11.3 Å². The molecule has 4 aromatic rings. The van der Waals surface area contributed by atoms with E-state index in [-0.39, 0.29) is 17.8 Å². The second-order valence-corrected chi connectivity index (χ2v) is 9.06. The molecule has 1 aliphatic rings. The van der Waals surface area contributed by atoms with Crippen molar-refractivity contribution in [2.24, 2.45) is 0 Å². The molecule has 3 N–H and O–H groups in total. The topological polar surface area (TPSA) is 94.8 Å². The monoisotopic (exact) mass is 488 g/mol. The van der Waals surface area contributed by atoms with Crippen LogP contribution in [0, 0.1) is 5.82 Å². The molecule has 9 heteroatoms. The third-order valence-corrected chi connectivity index (χ3v) is 6.40. The Balaban J connectivity index is 1.43. The first kappa shape index (κ1) is 23.7. The molecule has 0 radical (unpaired) electrons. The highest BCUT2D eigenvalue weighted by Gasteiger charge is 2.27. The Kier molecular flexibility index (Phi) is 6.56. The molecule has 4 heterocycles. The molecule has 1 aromatic carbocycles. The number of aliphatic hydroxyl groups is 1. The van der Waals surface area contributed by atoms with Crippen molar-refractivity contribution < 1.29 is 14.3 Å². The van der Waals surface area contributed by atoms with Gasteiger partial charge in [0.2, 0.25) is 0 Å². The van der Waals surface area contributed by atoms with Gasteiger partial charge in [-0.15, -0.1) is 0 Å². The maximum absolute atomic E-state index is 13.6. The molecule has 0 aliphatic carbocycles. The van der Waals surface area contributed by atoms with Gasteiger partial charge in [-0.3, -0.25) is 9.20 Å². The number of fused-ring (bicyclic) bond motifs is 2. The number of nitrogens with zero attached hydrogens (tertiary/aromatic N) is 4. The van der Waals surface area contributed by atoms with E-state index < -0.39 is 0 Å². The van der Waals surface area contributed by atoms with Crippen LogP contribution in [-0.4, -0.2) is 44.6 Å². The second-order valence-electron chi connectivity index (χ2n) is 9.06. The minimum absolute atomic E-state index is 0.155. The number of rotatable bonds is 9. The first-order valence-corrected chi connectivity index (χ1v) is 12.2. The normalized spacial score (nSPS) is 13.5. The van der Waals surface area contributed by atoms with Crippen molar-refractivity contribution in [1.29, 1.82) is 0 Å². The fourth-order valence-electron chi connectivity index (χ4n) is 4.61. The molecular formula is C27H29FN6O2. The lowest BCUT2D eigenvalue weighted by atomic mass is 9.99. The minimum Gasteiger partial charge on any atom is -0.393 e. The predicted molar refractivity (Wildman–Crippen MR) is 138 cm³/mol. The molecule has 3 aromatic heterocycles. The number of aliphatic hydroxyl groups excluding tert-OH is 1. The summed E-state index contributed by atoms with van der Waals surface area (Å²) in [6.07, 6.45) is 6.48. The molecule has 1 amide bonds. The Morgan fingerprint density at radius 1 is 1.19 bits per heavy atom. The summed E-state index contributed by atoms with van der Waals surface area (Å²) in [4.78, 5) is 23.9. The molecule has 186 valence electrons. The van der Waals surface area contributed by atoms with Gasteiger partial charge in [-0.2, -0.15) is 0 Å². The van der Waals surface area contributed by atoms with Crippen LogP contribution in [0.5, 0.6) is 0 Å². The van der Waals surface area contributed by atoms with Gasteiger partial charge in [0, 0.05) is 37.5 Å². The summed E-state index contributed by atoms with van der Waals surface area (Å²) in [6, 6.07) is 10.5. The van der Waals surface area contributed by atoms with Crippen molar-refractivity contribution in [2.45, 2.75) is 39.3 Å². The zero-order valence-corrected chi connectivity index (χ0v) is 20.3. The van der Waals surface area contributed by atoms with E-state index in [2.05, 4.69) is 32.4 Å². The standard InChI is InChI=1S/C27H29FN6O2/c1-3-10-33(11-8-17(2)35)19-4-7-24(29-14-19)32-22-6-5-20(21-15-31-27(36)26(21)22)23-16-30-25-13-18(28)9-12-34(23)25/h4-7,9,12-14,16-17,35H,3,8,10-11,15H2,1-2H3,(H,29,32)(H,31,36). The Morgan fingerprint density at radius 2 is 2.06 bits per heavy atom. The Labute approximate surface area is 208 Å². The van der Waals surface area contributed by atoms with E-state index in [1.807, 2.05) is 34.9 Å². The van der Waals surface area contributed by atoms with E-state index in [0.717, 1.165) is 42.0 Å². The van der Waals surface area contributed by atoms with E-state index >= 15 is 0 Å². The number of amides is 1. The van der Waals surface area contributed by atoms with Crippen LogP contribution in [0.3, 0.4) is 0 Å². The molecule has 36 heavy (non-hydrogen) atoms. The van der Waals surface area contributed by atoms with Crippen LogP contribution in [0.2, 0.25) is 0 Å². The van der Waals surface area contributed by atoms with Crippen LogP contribution in [0.15, 0.2) is 55.0 Å². The van der Waals surface area contributed by atoms with Crippen LogP contribution in [-0.2, 0) is 6.54 Å². The van der Waals surface area contributed by atoms with E-state index in [1.54, 1.807) is 19.3 Å². The molecule has 8 nitrogen and oxygen atoms in total. The van der Waals surface area contributed by atoms with Crippen molar-refractivity contribution in [3.63, 3.8) is 0 Å². The predicted octanol–water partition coefficient (Wildman–Crippen LogP) is 4.51. The average molecular weight is 489 g/mol. The minimum atomic E-state index is -0.351. The molecule has 0 spiro atoms. The third kappa shape index (κ3) is 4.61. The number of pyridine rings is 2. The van der Waals surface area contributed by atoms with Crippen LogP contribution < -0.4 is 15.5 Å². The Morgan fingerprint density at radius 3 is 2.81 bits per heavy atom. The molecule has 1 aliphatic heterocycles. The highest BCUT2D eigenvalue weighted by Crippen LogP contribution is 2.35. The van der Waals surface area contributed by atoms with Crippen molar-refractivity contribution >= 4 is 28.7 Å². The van der Waals surface area contributed by atoms with Gasteiger partial charge in [0.1, 0.15) is 17.3 Å². The van der Waals surface area contributed by atoms with Crippen molar-refractivity contribution in [2.75, 3.05) is 23.3 Å². The van der Waals surface area contributed by atoms with Gasteiger partial charge < -0.3 is 20.6 Å². The number of halogens is 1. The molecule has 0 saturated heterocycles. The zero-order chi connectivity index (χ0) is 25.2. The Bertz CT molecular complexity index is 1400. The number of hydrogen-bond donors (Lipinski definition) is 3. The fourth-order valence-corrected chi connectivity index (χ4v) is 4.61. The van der Waals surface area contributed by atoms with Crippen LogP contribution >= 0.6 is 0 Å². The van der Waals surface area contributed by atoms with Gasteiger partial charge in [-0.05, 0) is 49.6 Å². The first-order chi connectivity index (χ1) is 17.4. The average Bonchev–Trinajstić information content (AvgIpc) is 3.46. The largest absolute Gasteiger partial charge is 0.393 e. The van der Waals surface area contributed by atoms with E-state index in [1.165, 1.54) is 12.1 Å². The van der Waals surface area contributed by atoms with Gasteiger partial charge in [0.25, 0.3) is 5.91 Å². The highest BCUT2D eigenvalue weighted by atomic mass is 19.1. The van der Waals surface area contributed by atoms with Gasteiger partial charge >= 0.3 is 0 Å². The van der Waals surface area contributed by atoms with Gasteiger partial charge in [-0.25, -0.2) is 14.4 Å². The van der Waals surface area contributed by atoms with E-state index in [0.29, 0.717) is 35.7 Å². The number of imidazole rings is 1. The van der Waals surface area contributed by atoms with Gasteiger partial charge in [0.15, 0.2) is 0 Å². The first-order valence-electron chi connectivity index (χ1n) is 12.2. The summed E-state index contributed by atoms with van der Waals surface area (Å²) in [6.45, 7) is 5.95. The maximum Gasteiger partial charge on any atom is 0.254 e. The highest BCUT2D eigenvalue weighted by molar-refractivity contribution is 6.06. The van der Waals surface area contributed by atoms with Crippen LogP contribution in [0.25, 0.3) is 16.9 Å². The fraction of sp³-hybridized carbons (Fsp3) is 0.296. The lowest BCUT2D eigenvalue weighted by Gasteiger charge is -2.25. The second kappa shape index (κ2) is 9.94. The lowest BCUT2D eigenvalue weighted by molar-refractivity contribution is 0.0966. The lowest BCUT2D eigenvalue weighted by Crippen LogP contribution is -2.27. The summed E-state index contributed by atoms with van der Waals surface area (Å²) in [5.74, 6) is 0.129. The Hall–Kier alpha value is -3.98. The SMILES string of the molecule is CCCN(CCC(C)O)c1ccc(Nc2ccc(-c3cnc4cc(F)ccn34)c3c2C(=O)NC3)nc1. The zero-order valence-electron chi connectivity index (χ0n) is 20.3. The van der Waals surface area contributed by atoms with Gasteiger partial charge in [-0.1, -0.05) is 13.0 Å². The molecular weight excluding hydrogens is 459 g/mol. The number of carbonyl (C=O) groups excluding carboxylic acids is 1. The summed E-state index contributed by atoms with van der Waals surface area (Å²) in [7, 11) is 0. The van der Waals surface area contributed by atoms with E-state index in [9.17, 15) is 14.3 Å². The number of benzene rings is 1. The maximum atomic E-state index is 13.6. The molecule has 0 fully saturated rings. The van der Waals surface area contributed by atoms with E-state index in [4.69, 9.17) is 0 Å². The number of anilines is 3. The number of carbonyl (C=O) groups is 1. The molecule has 1 unspecified atom stereocenters. The quantitative estimate of drug-likeness (QED) is 0.321. The van der Waals surface area contributed by atoms with Crippen molar-refractivity contribution in [3.05, 3.63) is 71.9 Å². The summed E-state index contributed by atoms with van der Waals surface area (Å²) in [5, 5.41) is 15.9. The number of aromatic nitrogens is 3. The number of hydrogen-bond acceptors (Lipinski definition) is 6. The van der Waals surface area contributed by atoms with Crippen molar-refractivity contribution in [1.82, 2.24) is 19.7 Å².